The van der Waals surface area contributed by atoms with E-state index in [1.165, 1.54) is 0 Å². The van der Waals surface area contributed by atoms with Crippen LogP contribution in [0.2, 0.25) is 0 Å². The van der Waals surface area contributed by atoms with Gasteiger partial charge in [-0.15, -0.1) is 0 Å². The molecule has 1 atom stereocenters. The van der Waals surface area contributed by atoms with Gasteiger partial charge >= 0.3 is 0 Å². The molecule has 2 heterocycles. The number of nitrogens with one attached hydrogen (secondary N) is 2. The minimum Gasteiger partial charge on any atom is -0.377 e. The van der Waals surface area contributed by atoms with Crippen molar-refractivity contribution < 1.29 is 9.53 Å². The number of amides is 1. The third-order valence-corrected chi connectivity index (χ3v) is 3.14. The number of carbonyl (C=O) groups excluding carboxylic acids is 1. The molecule has 0 spiro atoms. The Kier molecular flexibility index (Phi) is 5.11. The lowest BCUT2D eigenvalue weighted by Crippen LogP contribution is -2.54. The molecule has 7 heteroatoms. The highest BCUT2D eigenvalue weighted by Crippen LogP contribution is 2.18. The Morgan fingerprint density at radius 2 is 2.45 bits per heavy atom. The van der Waals surface area contributed by atoms with Crippen LogP contribution in [-0.2, 0) is 9.53 Å². The molecule has 0 saturated carbocycles. The van der Waals surface area contributed by atoms with Crippen LogP contribution in [0.25, 0.3) is 0 Å². The number of hydrogen-bond donors (Lipinski definition) is 2. The van der Waals surface area contributed by atoms with Gasteiger partial charge in [0.15, 0.2) is 0 Å². The third kappa shape index (κ3) is 3.36. The normalized spacial score (nSPS) is 18.7. The van der Waals surface area contributed by atoms with Gasteiger partial charge in [0.2, 0.25) is 11.9 Å². The van der Waals surface area contributed by atoms with Crippen molar-refractivity contribution in [2.24, 2.45) is 0 Å². The first-order valence-electron chi connectivity index (χ1n) is 6.89. The van der Waals surface area contributed by atoms with Crippen molar-refractivity contribution >= 4 is 17.7 Å². The van der Waals surface area contributed by atoms with Crippen LogP contribution in [0.4, 0.5) is 11.8 Å². The van der Waals surface area contributed by atoms with Crippen LogP contribution in [0.15, 0.2) is 12.3 Å². The number of morpholine rings is 1. The maximum Gasteiger partial charge on any atom is 0.245 e. The Morgan fingerprint density at radius 1 is 1.60 bits per heavy atom. The molecule has 2 rings (SSSR count). The van der Waals surface area contributed by atoms with Crippen LogP contribution in [-0.4, -0.2) is 55.3 Å². The van der Waals surface area contributed by atoms with Gasteiger partial charge in [0.25, 0.3) is 0 Å². The van der Waals surface area contributed by atoms with Gasteiger partial charge < -0.3 is 20.3 Å². The summed E-state index contributed by atoms with van der Waals surface area (Å²) in [6.07, 6.45) is 2.60. The van der Waals surface area contributed by atoms with E-state index in [1.807, 2.05) is 17.9 Å². The molecule has 1 amide bonds. The second-order valence-corrected chi connectivity index (χ2v) is 4.56. The van der Waals surface area contributed by atoms with Crippen molar-refractivity contribution in [3.8, 4) is 0 Å². The molecule has 0 aromatic carbocycles. The average Bonchev–Trinajstić information content (AvgIpc) is 2.52. The number of anilines is 2. The van der Waals surface area contributed by atoms with Crippen molar-refractivity contribution in [3.05, 3.63) is 12.3 Å². The molecular weight excluding hydrogens is 258 g/mol. The summed E-state index contributed by atoms with van der Waals surface area (Å²) >= 11 is 0. The Bertz CT molecular complexity index is 454. The van der Waals surface area contributed by atoms with Crippen molar-refractivity contribution in [3.63, 3.8) is 0 Å². The molecular formula is C13H21N5O2. The van der Waals surface area contributed by atoms with Crippen LogP contribution >= 0.6 is 0 Å². The summed E-state index contributed by atoms with van der Waals surface area (Å²) in [6, 6.07) is 1.47. The monoisotopic (exact) mass is 279 g/mol. The molecule has 1 unspecified atom stereocenters. The summed E-state index contributed by atoms with van der Waals surface area (Å²) in [7, 11) is 1.77. The molecule has 1 aliphatic heterocycles. The lowest BCUT2D eigenvalue weighted by molar-refractivity contribution is -0.124. The van der Waals surface area contributed by atoms with E-state index in [4.69, 9.17) is 4.74 Å². The van der Waals surface area contributed by atoms with Gasteiger partial charge in [-0.25, -0.2) is 4.98 Å². The standard InChI is InChI=1S/C13H21N5O2/c1-3-5-15-12(19)10-9-20-8-7-18(10)11-4-6-16-13(14-2)17-11/h4,6,10H,3,5,7-9H2,1-2H3,(H,15,19)(H,14,16,17). The first-order chi connectivity index (χ1) is 9.76. The Balaban J connectivity index is 2.15. The van der Waals surface area contributed by atoms with Crippen molar-refractivity contribution in [2.75, 3.05) is 43.6 Å². The molecule has 2 N–H and O–H groups in total. The van der Waals surface area contributed by atoms with Gasteiger partial charge in [-0.2, -0.15) is 4.98 Å². The predicted octanol–water partition coefficient (Wildman–Crippen LogP) is 0.250. The Hall–Kier alpha value is -1.89. The van der Waals surface area contributed by atoms with E-state index >= 15 is 0 Å². The van der Waals surface area contributed by atoms with E-state index in [0.717, 1.165) is 12.2 Å². The fraction of sp³-hybridized carbons (Fsp3) is 0.615. The lowest BCUT2D eigenvalue weighted by atomic mass is 10.2. The predicted molar refractivity (Wildman–Crippen MR) is 76.8 cm³/mol. The minimum absolute atomic E-state index is 0.0174. The Morgan fingerprint density at radius 3 is 3.20 bits per heavy atom. The average molecular weight is 279 g/mol. The molecule has 1 saturated heterocycles. The smallest absolute Gasteiger partial charge is 0.245 e. The van der Waals surface area contributed by atoms with Crippen LogP contribution < -0.4 is 15.5 Å². The van der Waals surface area contributed by atoms with Crippen LogP contribution in [0.3, 0.4) is 0 Å². The second kappa shape index (κ2) is 7.04. The second-order valence-electron chi connectivity index (χ2n) is 4.56. The summed E-state index contributed by atoms with van der Waals surface area (Å²) < 4.78 is 5.43. The summed E-state index contributed by atoms with van der Waals surface area (Å²) in [5.41, 5.74) is 0. The van der Waals surface area contributed by atoms with E-state index in [2.05, 4.69) is 20.6 Å². The molecule has 1 aromatic heterocycles. The highest BCUT2D eigenvalue weighted by molar-refractivity contribution is 5.85. The maximum absolute atomic E-state index is 12.2. The molecule has 1 aromatic rings. The van der Waals surface area contributed by atoms with Gasteiger partial charge in [-0.3, -0.25) is 4.79 Å². The fourth-order valence-electron chi connectivity index (χ4n) is 2.09. The van der Waals surface area contributed by atoms with Gasteiger partial charge in [0.05, 0.1) is 13.2 Å². The number of hydrogen-bond acceptors (Lipinski definition) is 6. The van der Waals surface area contributed by atoms with Crippen molar-refractivity contribution in [1.29, 1.82) is 0 Å². The van der Waals surface area contributed by atoms with Gasteiger partial charge in [-0.05, 0) is 12.5 Å². The van der Waals surface area contributed by atoms with Crippen molar-refractivity contribution in [2.45, 2.75) is 19.4 Å². The highest BCUT2D eigenvalue weighted by atomic mass is 16.5. The minimum atomic E-state index is -0.338. The first kappa shape index (κ1) is 14.5. The zero-order chi connectivity index (χ0) is 14.4. The molecule has 1 fully saturated rings. The molecule has 1 aliphatic rings. The summed E-state index contributed by atoms with van der Waals surface area (Å²) in [4.78, 5) is 22.7. The van der Waals surface area contributed by atoms with Crippen LogP contribution in [0.5, 0.6) is 0 Å². The van der Waals surface area contributed by atoms with Gasteiger partial charge in [0, 0.05) is 26.3 Å². The molecule has 0 radical (unpaired) electrons. The third-order valence-electron chi connectivity index (χ3n) is 3.14. The fourth-order valence-corrected chi connectivity index (χ4v) is 2.09. The van der Waals surface area contributed by atoms with E-state index in [0.29, 0.717) is 32.3 Å². The molecule has 7 nitrogen and oxygen atoms in total. The lowest BCUT2D eigenvalue weighted by Gasteiger charge is -2.35. The zero-order valence-electron chi connectivity index (χ0n) is 11.9. The number of aromatic nitrogens is 2. The molecule has 0 bridgehead atoms. The number of carbonyl (C=O) groups is 1. The van der Waals surface area contributed by atoms with Crippen LogP contribution in [0.1, 0.15) is 13.3 Å². The van der Waals surface area contributed by atoms with Crippen molar-refractivity contribution in [1.82, 2.24) is 15.3 Å². The van der Waals surface area contributed by atoms with E-state index in [9.17, 15) is 4.79 Å². The topological polar surface area (TPSA) is 79.4 Å². The van der Waals surface area contributed by atoms with E-state index < -0.39 is 0 Å². The zero-order valence-corrected chi connectivity index (χ0v) is 11.9. The number of nitrogens with zero attached hydrogens (tertiary/aromatic N) is 3. The number of ether oxygens (including phenoxy) is 1. The largest absolute Gasteiger partial charge is 0.377 e. The summed E-state index contributed by atoms with van der Waals surface area (Å²) in [6.45, 7) is 4.32. The van der Waals surface area contributed by atoms with E-state index in [-0.39, 0.29) is 11.9 Å². The van der Waals surface area contributed by atoms with Gasteiger partial charge in [-0.1, -0.05) is 6.92 Å². The Labute approximate surface area is 118 Å². The quantitative estimate of drug-likeness (QED) is 0.804. The van der Waals surface area contributed by atoms with E-state index in [1.54, 1.807) is 13.2 Å². The maximum atomic E-state index is 12.2. The highest BCUT2D eigenvalue weighted by Gasteiger charge is 2.30. The molecule has 110 valence electrons. The summed E-state index contributed by atoms with van der Waals surface area (Å²) in [5.74, 6) is 1.27. The summed E-state index contributed by atoms with van der Waals surface area (Å²) in [5, 5.41) is 5.81. The number of rotatable bonds is 5. The SMILES string of the molecule is CCCNC(=O)C1COCCN1c1ccnc(NC)n1. The van der Waals surface area contributed by atoms with Crippen LogP contribution in [0, 0.1) is 0 Å². The molecule has 0 aliphatic carbocycles. The molecule has 20 heavy (non-hydrogen) atoms. The first-order valence-corrected chi connectivity index (χ1v) is 6.89. The van der Waals surface area contributed by atoms with Gasteiger partial charge in [0.1, 0.15) is 11.9 Å².